The van der Waals surface area contributed by atoms with Crippen molar-refractivity contribution in [3.63, 3.8) is 0 Å². The molecule has 10 heteroatoms. The van der Waals surface area contributed by atoms with Gasteiger partial charge in [0, 0.05) is 28.8 Å². The molecule has 1 atom stereocenters. The fourth-order valence-corrected chi connectivity index (χ4v) is 3.79. The Labute approximate surface area is 198 Å². The molecule has 0 saturated carbocycles. The van der Waals surface area contributed by atoms with Crippen molar-refractivity contribution >= 4 is 27.6 Å². The van der Waals surface area contributed by atoms with Gasteiger partial charge in [0.15, 0.2) is 29.3 Å². The van der Waals surface area contributed by atoms with Crippen LogP contribution < -0.4 is 19.5 Å². The highest BCUT2D eigenvalue weighted by atomic mass is 19.1. The first-order valence-electron chi connectivity index (χ1n) is 10.5. The van der Waals surface area contributed by atoms with Crippen LogP contribution in [0.25, 0.3) is 21.9 Å². The predicted molar refractivity (Wildman–Crippen MR) is 126 cm³/mol. The third kappa shape index (κ3) is 4.15. The summed E-state index contributed by atoms with van der Waals surface area (Å²) in [6, 6.07) is 13.4. The van der Waals surface area contributed by atoms with Crippen molar-refractivity contribution in [2.24, 2.45) is 0 Å². The molecule has 8 nitrogen and oxygen atoms in total. The zero-order chi connectivity index (χ0) is 24.5. The lowest BCUT2D eigenvalue weighted by molar-refractivity contribution is 0.203. The molecule has 0 amide bonds. The Morgan fingerprint density at radius 1 is 0.914 bits per heavy atom. The summed E-state index contributed by atoms with van der Waals surface area (Å²) in [5, 5.41) is 13.7. The van der Waals surface area contributed by atoms with E-state index in [9.17, 15) is 13.9 Å². The van der Waals surface area contributed by atoms with Crippen LogP contribution in [0.3, 0.4) is 0 Å². The number of benzene rings is 3. The second-order valence-corrected chi connectivity index (χ2v) is 7.60. The van der Waals surface area contributed by atoms with Crippen molar-refractivity contribution in [2.75, 3.05) is 19.5 Å². The average Bonchev–Trinajstić information content (AvgIpc) is 3.23. The molecule has 35 heavy (non-hydrogen) atoms. The van der Waals surface area contributed by atoms with Gasteiger partial charge in [0.1, 0.15) is 23.2 Å². The Balaban J connectivity index is 1.44. The van der Waals surface area contributed by atoms with Crippen LogP contribution in [-0.4, -0.2) is 34.3 Å². The topological polar surface area (TPSA) is 102 Å². The molecular weight excluding hydrogens is 458 g/mol. The van der Waals surface area contributed by atoms with Crippen molar-refractivity contribution in [3.05, 3.63) is 78.1 Å². The summed E-state index contributed by atoms with van der Waals surface area (Å²) in [6.07, 6.45) is -0.0375. The molecule has 2 heterocycles. The number of aliphatic hydroxyl groups excluding tert-OH is 1. The summed E-state index contributed by atoms with van der Waals surface area (Å²) < 4.78 is 45.2. The third-order valence-electron chi connectivity index (χ3n) is 5.49. The molecule has 0 aliphatic heterocycles. The zero-order valence-corrected chi connectivity index (χ0v) is 18.7. The molecule has 0 saturated heterocycles. The van der Waals surface area contributed by atoms with E-state index in [2.05, 4.69) is 20.3 Å². The molecule has 178 valence electrons. The highest BCUT2D eigenvalue weighted by molar-refractivity contribution is 6.07. The molecule has 5 aromatic rings. The molecule has 0 radical (unpaired) electrons. The number of methoxy groups -OCH3 is 2. The van der Waals surface area contributed by atoms with Gasteiger partial charge in [0.2, 0.25) is 5.88 Å². The number of nitrogens with zero attached hydrogens (tertiary/aromatic N) is 2. The highest BCUT2D eigenvalue weighted by Gasteiger charge is 2.18. The maximum absolute atomic E-state index is 14.9. The van der Waals surface area contributed by atoms with Crippen LogP contribution in [-0.2, 0) is 0 Å². The summed E-state index contributed by atoms with van der Waals surface area (Å²) in [5.74, 6) is -0.182. The lowest BCUT2D eigenvalue weighted by Gasteiger charge is -2.16. The fraction of sp³-hybridized carbons (Fsp3) is 0.120. The Kier molecular flexibility index (Phi) is 5.79. The standard InChI is InChI=1S/C25H20F2N4O4/c1-33-20-10-15-18(11-21(20)34-2)31-23-22(15)28-12-29-25(23)35-19-8-7-13(9-17(19)27)30-24(32)14-5-3-4-6-16(14)26/h3-12,24,30-32H,1-2H3. The Morgan fingerprint density at radius 3 is 2.43 bits per heavy atom. The minimum atomic E-state index is -1.36. The number of rotatable bonds is 7. The number of aromatic amines is 1. The third-order valence-corrected chi connectivity index (χ3v) is 5.49. The van der Waals surface area contributed by atoms with Crippen molar-refractivity contribution in [3.8, 4) is 23.1 Å². The normalized spacial score (nSPS) is 12.0. The number of aromatic nitrogens is 3. The largest absolute Gasteiger partial charge is 0.493 e. The van der Waals surface area contributed by atoms with Crippen LogP contribution >= 0.6 is 0 Å². The van der Waals surface area contributed by atoms with Crippen molar-refractivity contribution < 1.29 is 28.1 Å². The number of hydrogen-bond acceptors (Lipinski definition) is 7. The summed E-state index contributed by atoms with van der Waals surface area (Å²) >= 11 is 0. The summed E-state index contributed by atoms with van der Waals surface area (Å²) in [5.41, 5.74) is 2.03. The molecule has 0 bridgehead atoms. The maximum atomic E-state index is 14.9. The predicted octanol–water partition coefficient (Wildman–Crippen LogP) is 5.30. The van der Waals surface area contributed by atoms with Crippen molar-refractivity contribution in [2.45, 2.75) is 6.23 Å². The number of aliphatic hydroxyl groups is 1. The second-order valence-electron chi connectivity index (χ2n) is 7.60. The van der Waals surface area contributed by atoms with E-state index in [0.29, 0.717) is 28.0 Å². The molecule has 3 N–H and O–H groups in total. The van der Waals surface area contributed by atoms with E-state index < -0.39 is 17.9 Å². The van der Waals surface area contributed by atoms with Crippen molar-refractivity contribution in [1.82, 2.24) is 15.0 Å². The van der Waals surface area contributed by atoms with Gasteiger partial charge < -0.3 is 29.6 Å². The Bertz CT molecular complexity index is 1540. The fourth-order valence-electron chi connectivity index (χ4n) is 3.79. The van der Waals surface area contributed by atoms with E-state index in [1.54, 1.807) is 25.3 Å². The quantitative estimate of drug-likeness (QED) is 0.273. The number of fused-ring (bicyclic) bond motifs is 3. The van der Waals surface area contributed by atoms with Gasteiger partial charge >= 0.3 is 0 Å². The smallest absolute Gasteiger partial charge is 0.247 e. The number of H-pyrrole nitrogens is 1. The number of hydrogen-bond donors (Lipinski definition) is 3. The maximum Gasteiger partial charge on any atom is 0.247 e. The van der Waals surface area contributed by atoms with Gasteiger partial charge in [0.05, 0.1) is 19.7 Å². The van der Waals surface area contributed by atoms with Gasteiger partial charge in [-0.05, 0) is 24.3 Å². The summed E-state index contributed by atoms with van der Waals surface area (Å²) in [6.45, 7) is 0. The van der Waals surface area contributed by atoms with Gasteiger partial charge in [0.25, 0.3) is 0 Å². The SMILES string of the molecule is COc1cc2[nH]c3c(Oc4ccc(NC(O)c5ccccc5F)cc4F)ncnc3c2cc1OC. The van der Waals surface area contributed by atoms with Gasteiger partial charge in [-0.25, -0.2) is 13.8 Å². The van der Waals surface area contributed by atoms with Crippen LogP contribution in [0.1, 0.15) is 11.8 Å². The molecule has 2 aromatic heterocycles. The second kappa shape index (κ2) is 9.07. The van der Waals surface area contributed by atoms with E-state index in [0.717, 1.165) is 11.5 Å². The zero-order valence-electron chi connectivity index (χ0n) is 18.7. The molecule has 0 aliphatic rings. The molecule has 0 fully saturated rings. The number of anilines is 1. The molecular formula is C25H20F2N4O4. The number of nitrogens with one attached hydrogen (secondary N) is 2. The molecule has 3 aromatic carbocycles. The van der Waals surface area contributed by atoms with Gasteiger partial charge in [-0.3, -0.25) is 0 Å². The molecule has 0 aliphatic carbocycles. The van der Waals surface area contributed by atoms with Gasteiger partial charge in [-0.1, -0.05) is 18.2 Å². The number of halogens is 2. The first-order chi connectivity index (χ1) is 17.0. The van der Waals surface area contributed by atoms with Gasteiger partial charge in [-0.15, -0.1) is 0 Å². The monoisotopic (exact) mass is 478 g/mol. The van der Waals surface area contributed by atoms with Crippen LogP contribution in [0, 0.1) is 11.6 Å². The number of ether oxygens (including phenoxy) is 3. The summed E-state index contributed by atoms with van der Waals surface area (Å²) in [4.78, 5) is 11.7. The minimum Gasteiger partial charge on any atom is -0.493 e. The van der Waals surface area contributed by atoms with E-state index in [1.807, 2.05) is 0 Å². The highest BCUT2D eigenvalue weighted by Crippen LogP contribution is 2.38. The first kappa shape index (κ1) is 22.4. The minimum absolute atomic E-state index is 0.0451. The lowest BCUT2D eigenvalue weighted by Crippen LogP contribution is -2.11. The molecule has 5 rings (SSSR count). The summed E-state index contributed by atoms with van der Waals surface area (Å²) in [7, 11) is 3.08. The molecule has 1 unspecified atom stereocenters. The Hall–Kier alpha value is -4.44. The van der Waals surface area contributed by atoms with E-state index in [-0.39, 0.29) is 22.9 Å². The van der Waals surface area contributed by atoms with Gasteiger partial charge in [-0.2, -0.15) is 4.98 Å². The van der Waals surface area contributed by atoms with Crippen LogP contribution in [0.4, 0.5) is 14.5 Å². The van der Waals surface area contributed by atoms with E-state index in [4.69, 9.17) is 14.2 Å². The van der Waals surface area contributed by atoms with E-state index >= 15 is 0 Å². The van der Waals surface area contributed by atoms with Crippen LogP contribution in [0.2, 0.25) is 0 Å². The van der Waals surface area contributed by atoms with E-state index in [1.165, 1.54) is 43.8 Å². The van der Waals surface area contributed by atoms with Crippen molar-refractivity contribution in [1.29, 1.82) is 0 Å². The van der Waals surface area contributed by atoms with Crippen LogP contribution in [0.5, 0.6) is 23.1 Å². The lowest BCUT2D eigenvalue weighted by atomic mass is 10.1. The Morgan fingerprint density at radius 2 is 1.69 bits per heavy atom. The first-order valence-corrected chi connectivity index (χ1v) is 10.5. The molecule has 0 spiro atoms. The van der Waals surface area contributed by atoms with Crippen LogP contribution in [0.15, 0.2) is 60.9 Å². The average molecular weight is 478 g/mol.